The standard InChI is InChI=1S/C20H22F3N4OP/c1-11-26-15-9-16(24-2)17(29(3,4)28)8-14(15)20(27-11)25-10-12-6-5-7-13(18(12)21)19(22)23/h5-9,19,24H,10H2,1-4H3,(H,25,26,27). The van der Waals surface area contributed by atoms with Crippen LogP contribution in [-0.2, 0) is 11.1 Å². The molecule has 5 nitrogen and oxygen atoms in total. The average Bonchev–Trinajstić information content (AvgIpc) is 2.64. The van der Waals surface area contributed by atoms with Crippen molar-refractivity contribution in [2.75, 3.05) is 31.0 Å². The Morgan fingerprint density at radius 2 is 1.90 bits per heavy atom. The van der Waals surface area contributed by atoms with E-state index < -0.39 is 24.9 Å². The first-order valence-electron chi connectivity index (χ1n) is 8.96. The zero-order valence-corrected chi connectivity index (χ0v) is 17.4. The summed E-state index contributed by atoms with van der Waals surface area (Å²) >= 11 is 0. The maximum atomic E-state index is 14.3. The molecule has 2 aromatic carbocycles. The van der Waals surface area contributed by atoms with Crippen LogP contribution in [-0.4, -0.2) is 30.3 Å². The third kappa shape index (κ3) is 4.37. The van der Waals surface area contributed by atoms with Gasteiger partial charge in [0.25, 0.3) is 6.43 Å². The van der Waals surface area contributed by atoms with Crippen molar-refractivity contribution in [3.05, 3.63) is 53.1 Å². The highest BCUT2D eigenvalue weighted by Gasteiger charge is 2.20. The van der Waals surface area contributed by atoms with Gasteiger partial charge in [0.2, 0.25) is 0 Å². The van der Waals surface area contributed by atoms with Crippen molar-refractivity contribution in [3.63, 3.8) is 0 Å². The number of anilines is 2. The van der Waals surface area contributed by atoms with Crippen molar-refractivity contribution in [1.82, 2.24) is 9.97 Å². The Hall–Kier alpha value is -2.60. The molecule has 0 aliphatic rings. The minimum absolute atomic E-state index is 0.0308. The van der Waals surface area contributed by atoms with Gasteiger partial charge in [0.1, 0.15) is 24.6 Å². The summed E-state index contributed by atoms with van der Waals surface area (Å²) in [6.45, 7) is 5.03. The zero-order valence-electron chi connectivity index (χ0n) is 16.6. The van der Waals surface area contributed by atoms with Crippen molar-refractivity contribution in [2.45, 2.75) is 19.9 Å². The molecule has 0 fully saturated rings. The fraction of sp³-hybridized carbons (Fsp3) is 0.300. The third-order valence-corrected chi connectivity index (χ3v) is 6.09. The van der Waals surface area contributed by atoms with Gasteiger partial charge in [-0.05, 0) is 32.4 Å². The largest absolute Gasteiger partial charge is 0.387 e. The highest BCUT2D eigenvalue weighted by molar-refractivity contribution is 7.70. The van der Waals surface area contributed by atoms with E-state index in [9.17, 15) is 17.7 Å². The lowest BCUT2D eigenvalue weighted by Gasteiger charge is -2.17. The maximum absolute atomic E-state index is 14.3. The Kier molecular flexibility index (Phi) is 5.85. The van der Waals surface area contributed by atoms with Crippen LogP contribution in [0.25, 0.3) is 10.9 Å². The van der Waals surface area contributed by atoms with Crippen LogP contribution in [0.4, 0.5) is 24.7 Å². The van der Waals surface area contributed by atoms with Crippen molar-refractivity contribution in [3.8, 4) is 0 Å². The van der Waals surface area contributed by atoms with E-state index in [0.29, 0.717) is 33.5 Å². The molecule has 3 rings (SSSR count). The van der Waals surface area contributed by atoms with Crippen molar-refractivity contribution in [2.24, 2.45) is 0 Å². The number of aromatic nitrogens is 2. The van der Waals surface area contributed by atoms with Gasteiger partial charge < -0.3 is 15.2 Å². The van der Waals surface area contributed by atoms with Crippen LogP contribution >= 0.6 is 7.14 Å². The van der Waals surface area contributed by atoms with Crippen LogP contribution in [0.3, 0.4) is 0 Å². The second kappa shape index (κ2) is 8.03. The molecule has 0 bridgehead atoms. The second-order valence-electron chi connectivity index (χ2n) is 7.08. The molecule has 0 saturated carbocycles. The molecule has 0 radical (unpaired) electrons. The average molecular weight is 422 g/mol. The minimum atomic E-state index is -2.89. The Morgan fingerprint density at radius 1 is 1.17 bits per heavy atom. The minimum Gasteiger partial charge on any atom is -0.387 e. The number of nitrogens with one attached hydrogen (secondary N) is 2. The van der Waals surface area contributed by atoms with Crippen LogP contribution in [0.15, 0.2) is 30.3 Å². The quantitative estimate of drug-likeness (QED) is 0.552. The van der Waals surface area contributed by atoms with E-state index in [0.717, 1.165) is 6.07 Å². The first-order valence-corrected chi connectivity index (χ1v) is 11.6. The van der Waals surface area contributed by atoms with E-state index in [1.807, 2.05) is 0 Å². The van der Waals surface area contributed by atoms with Crippen LogP contribution in [0.5, 0.6) is 0 Å². The van der Waals surface area contributed by atoms with E-state index in [1.54, 1.807) is 39.4 Å². The molecule has 1 heterocycles. The van der Waals surface area contributed by atoms with Gasteiger partial charge >= 0.3 is 0 Å². The van der Waals surface area contributed by atoms with E-state index in [4.69, 9.17) is 0 Å². The summed E-state index contributed by atoms with van der Waals surface area (Å²) in [6, 6.07) is 7.46. The predicted molar refractivity (Wildman–Crippen MR) is 112 cm³/mol. The molecule has 154 valence electrons. The van der Waals surface area contributed by atoms with E-state index >= 15 is 0 Å². The van der Waals surface area contributed by atoms with Gasteiger partial charge in [0.15, 0.2) is 0 Å². The summed E-state index contributed by atoms with van der Waals surface area (Å²) in [5.74, 6) is -0.0191. The summed E-state index contributed by atoms with van der Waals surface area (Å²) in [6.07, 6.45) is -2.89. The molecule has 0 aliphatic heterocycles. The molecule has 0 saturated heterocycles. The molecule has 29 heavy (non-hydrogen) atoms. The lowest BCUT2D eigenvalue weighted by molar-refractivity contribution is 0.146. The maximum Gasteiger partial charge on any atom is 0.266 e. The first kappa shape index (κ1) is 21.1. The molecular formula is C20H22F3N4OP. The molecule has 0 amide bonds. The Balaban J connectivity index is 2.06. The molecular weight excluding hydrogens is 400 g/mol. The Labute approximate surface area is 167 Å². The fourth-order valence-electron chi connectivity index (χ4n) is 3.14. The molecule has 0 spiro atoms. The number of nitrogens with zero attached hydrogens (tertiary/aromatic N) is 2. The number of aryl methyl sites for hydroxylation is 1. The Bertz CT molecular complexity index is 1110. The summed E-state index contributed by atoms with van der Waals surface area (Å²) in [5.41, 5.74) is 0.816. The molecule has 0 aliphatic carbocycles. The van der Waals surface area contributed by atoms with Crippen molar-refractivity contribution < 1.29 is 17.7 Å². The number of fused-ring (bicyclic) bond motifs is 1. The number of alkyl halides is 2. The third-order valence-electron chi connectivity index (χ3n) is 4.56. The SMILES string of the molecule is CNc1cc2nc(C)nc(NCc3cccc(C(F)F)c3F)c2cc1P(C)(C)=O. The van der Waals surface area contributed by atoms with E-state index in [1.165, 1.54) is 12.1 Å². The van der Waals surface area contributed by atoms with Crippen molar-refractivity contribution >= 4 is 34.9 Å². The highest BCUT2D eigenvalue weighted by atomic mass is 31.2. The van der Waals surface area contributed by atoms with Gasteiger partial charge in [-0.3, -0.25) is 0 Å². The van der Waals surface area contributed by atoms with Crippen LogP contribution in [0, 0.1) is 12.7 Å². The smallest absolute Gasteiger partial charge is 0.266 e. The molecule has 0 unspecified atom stereocenters. The molecule has 2 N–H and O–H groups in total. The van der Waals surface area contributed by atoms with E-state index in [2.05, 4.69) is 20.6 Å². The zero-order chi connectivity index (χ0) is 21.3. The van der Waals surface area contributed by atoms with Gasteiger partial charge in [0, 0.05) is 35.5 Å². The highest BCUT2D eigenvalue weighted by Crippen LogP contribution is 2.39. The number of hydrogen-bond donors (Lipinski definition) is 2. The van der Waals surface area contributed by atoms with Gasteiger partial charge in [-0.1, -0.05) is 18.2 Å². The van der Waals surface area contributed by atoms with Crippen LogP contribution in [0.2, 0.25) is 0 Å². The summed E-state index contributed by atoms with van der Waals surface area (Å²) < 4.78 is 53.0. The van der Waals surface area contributed by atoms with E-state index in [-0.39, 0.29) is 12.1 Å². The summed E-state index contributed by atoms with van der Waals surface area (Å²) in [7, 11) is -0.857. The van der Waals surface area contributed by atoms with Gasteiger partial charge in [-0.25, -0.2) is 23.1 Å². The predicted octanol–water partition coefficient (Wildman–Crippen LogP) is 4.92. The first-order chi connectivity index (χ1) is 13.6. The lowest BCUT2D eigenvalue weighted by Crippen LogP contribution is -2.12. The van der Waals surface area contributed by atoms with Gasteiger partial charge in [0.05, 0.1) is 11.1 Å². The lowest BCUT2D eigenvalue weighted by atomic mass is 10.1. The van der Waals surface area contributed by atoms with Gasteiger partial charge in [-0.2, -0.15) is 0 Å². The second-order valence-corrected chi connectivity index (χ2v) is 10.3. The molecule has 0 atom stereocenters. The number of rotatable bonds is 6. The molecule has 9 heteroatoms. The summed E-state index contributed by atoms with van der Waals surface area (Å²) in [4.78, 5) is 8.80. The molecule has 1 aromatic heterocycles. The normalized spacial score (nSPS) is 11.9. The fourth-order valence-corrected chi connectivity index (χ4v) is 4.34. The topological polar surface area (TPSA) is 66.9 Å². The van der Waals surface area contributed by atoms with Gasteiger partial charge in [-0.15, -0.1) is 0 Å². The van der Waals surface area contributed by atoms with Crippen LogP contribution < -0.4 is 15.9 Å². The summed E-state index contributed by atoms with van der Waals surface area (Å²) in [5, 5.41) is 7.33. The molecule has 3 aromatic rings. The Morgan fingerprint density at radius 3 is 2.52 bits per heavy atom. The number of hydrogen-bond acceptors (Lipinski definition) is 5. The van der Waals surface area contributed by atoms with Crippen molar-refractivity contribution in [1.29, 1.82) is 0 Å². The van der Waals surface area contributed by atoms with Crippen LogP contribution in [0.1, 0.15) is 23.4 Å². The number of halogens is 3. The number of benzene rings is 2. The monoisotopic (exact) mass is 422 g/mol.